The van der Waals surface area contributed by atoms with Crippen LogP contribution in [0.5, 0.6) is 11.8 Å². The van der Waals surface area contributed by atoms with Crippen molar-refractivity contribution >= 4 is 23.7 Å². The normalized spacial score (nSPS) is 11.5. The van der Waals surface area contributed by atoms with Gasteiger partial charge in [-0.3, -0.25) is 0 Å². The van der Waals surface area contributed by atoms with Crippen LogP contribution in [0.15, 0.2) is 41.5 Å². The second-order valence-corrected chi connectivity index (χ2v) is 6.56. The van der Waals surface area contributed by atoms with Gasteiger partial charge in [0.15, 0.2) is 5.96 Å². The van der Waals surface area contributed by atoms with E-state index in [-0.39, 0.29) is 17.6 Å². The predicted octanol–water partition coefficient (Wildman–Crippen LogP) is 1.90. The van der Waals surface area contributed by atoms with Crippen LogP contribution in [0.2, 0.25) is 0 Å². The van der Waals surface area contributed by atoms with Gasteiger partial charge >= 0.3 is 18.1 Å². The lowest BCUT2D eigenvalue weighted by Gasteiger charge is -2.09. The molecule has 2 heterocycles. The molecule has 35 heavy (non-hydrogen) atoms. The van der Waals surface area contributed by atoms with Gasteiger partial charge in [-0.15, -0.1) is 0 Å². The Morgan fingerprint density at radius 1 is 1.20 bits per heavy atom. The highest BCUT2D eigenvalue weighted by molar-refractivity contribution is 5.91. The number of aromatic hydroxyl groups is 1. The molecule has 0 aliphatic rings. The van der Waals surface area contributed by atoms with Crippen LogP contribution < -0.4 is 15.8 Å². The fourth-order valence-corrected chi connectivity index (χ4v) is 2.05. The number of pyridine rings is 1. The third kappa shape index (κ3) is 13.7. The maximum Gasteiger partial charge on any atom is 0.408 e. The first-order valence-corrected chi connectivity index (χ1v) is 9.74. The smallest absolute Gasteiger partial charge is 0.408 e. The summed E-state index contributed by atoms with van der Waals surface area (Å²) in [7, 11) is 0. The van der Waals surface area contributed by atoms with E-state index in [9.17, 15) is 27.9 Å². The third-order valence-electron chi connectivity index (χ3n) is 3.57. The summed E-state index contributed by atoms with van der Waals surface area (Å²) in [5, 5.41) is 27.6. The topological polar surface area (TPSA) is 193 Å². The van der Waals surface area contributed by atoms with Crippen molar-refractivity contribution < 1.29 is 42.8 Å². The summed E-state index contributed by atoms with van der Waals surface area (Å²) in [6, 6.07) is 4.73. The maximum atomic E-state index is 12.1. The number of nitrogens with zero attached hydrogens (tertiary/aromatic N) is 4. The van der Waals surface area contributed by atoms with Gasteiger partial charge in [-0.25, -0.2) is 19.6 Å². The van der Waals surface area contributed by atoms with Gasteiger partial charge in [0, 0.05) is 36.4 Å². The van der Waals surface area contributed by atoms with Gasteiger partial charge in [-0.05, 0) is 19.4 Å². The molecule has 0 aromatic carbocycles. The minimum atomic E-state index is -4.43. The average Bonchev–Trinajstić information content (AvgIpc) is 2.76. The zero-order valence-electron chi connectivity index (χ0n) is 18.4. The molecule has 190 valence electrons. The van der Waals surface area contributed by atoms with Gasteiger partial charge in [-0.2, -0.15) is 23.1 Å². The van der Waals surface area contributed by atoms with E-state index >= 15 is 0 Å². The van der Waals surface area contributed by atoms with Gasteiger partial charge in [0.1, 0.15) is 18.2 Å². The lowest BCUT2D eigenvalue weighted by Crippen LogP contribution is -2.26. The van der Waals surface area contributed by atoms with Crippen molar-refractivity contribution in [1.29, 1.82) is 0 Å². The molecule has 0 amide bonds. The molecule has 12 nitrogen and oxygen atoms in total. The fraction of sp³-hybridized carbons (Fsp3) is 0.300. The number of aromatic nitrogens is 3. The Bertz CT molecular complexity index is 1050. The summed E-state index contributed by atoms with van der Waals surface area (Å²) in [5.74, 6) is -1.98. The van der Waals surface area contributed by atoms with E-state index in [4.69, 9.17) is 20.7 Å². The van der Waals surface area contributed by atoms with Gasteiger partial charge in [0.2, 0.25) is 11.8 Å². The van der Waals surface area contributed by atoms with Crippen LogP contribution in [0.3, 0.4) is 0 Å². The van der Waals surface area contributed by atoms with Gasteiger partial charge < -0.3 is 31.1 Å². The van der Waals surface area contributed by atoms with Crippen LogP contribution in [0.4, 0.5) is 19.0 Å². The highest BCUT2D eigenvalue weighted by atomic mass is 19.4. The first kappa shape index (κ1) is 28.6. The Morgan fingerprint density at radius 3 is 2.43 bits per heavy atom. The number of hydrogen-bond acceptors (Lipinski definition) is 8. The quantitative estimate of drug-likeness (QED) is 0.146. The molecule has 0 saturated carbocycles. The Kier molecular flexibility index (Phi) is 11.4. The number of rotatable bonds is 9. The minimum absolute atomic E-state index is 0.0499. The number of nitrogens with two attached hydrogens (primary N) is 1. The van der Waals surface area contributed by atoms with E-state index in [1.165, 1.54) is 6.07 Å². The van der Waals surface area contributed by atoms with Crippen LogP contribution in [-0.4, -0.2) is 67.5 Å². The zero-order chi connectivity index (χ0) is 26.4. The molecule has 2 rings (SSSR count). The van der Waals surface area contributed by atoms with Crippen molar-refractivity contribution in [1.82, 2.24) is 15.0 Å². The van der Waals surface area contributed by atoms with Crippen LogP contribution in [0, 0.1) is 6.92 Å². The third-order valence-corrected chi connectivity index (χ3v) is 3.57. The Balaban J connectivity index is 0.000000658. The van der Waals surface area contributed by atoms with Gasteiger partial charge in [-0.1, -0.05) is 6.07 Å². The molecule has 0 atom stereocenters. The van der Waals surface area contributed by atoms with Crippen molar-refractivity contribution in [2.45, 2.75) is 25.9 Å². The summed E-state index contributed by atoms with van der Waals surface area (Å²) in [6.45, 7) is 0.639. The second-order valence-electron chi connectivity index (χ2n) is 6.56. The van der Waals surface area contributed by atoms with E-state index in [1.54, 1.807) is 25.3 Å². The van der Waals surface area contributed by atoms with E-state index in [2.05, 4.69) is 25.3 Å². The molecule has 0 aliphatic heterocycles. The number of carboxylic acid groups (broad SMARTS) is 2. The van der Waals surface area contributed by atoms with Crippen molar-refractivity contribution in [3.05, 3.63) is 47.9 Å². The Labute approximate surface area is 197 Å². The number of alkyl halides is 3. The first-order chi connectivity index (χ1) is 16.4. The van der Waals surface area contributed by atoms with Crippen LogP contribution in [0.25, 0.3) is 0 Å². The van der Waals surface area contributed by atoms with Crippen molar-refractivity contribution in [2.75, 3.05) is 18.5 Å². The summed E-state index contributed by atoms with van der Waals surface area (Å²) in [6.07, 6.45) is -0.687. The van der Waals surface area contributed by atoms with E-state index in [0.29, 0.717) is 43.0 Å². The lowest BCUT2D eigenvalue weighted by molar-refractivity contribution is -0.134. The number of carboxylic acids is 2. The molecule has 0 radical (unpaired) electrons. The molecule has 0 unspecified atom stereocenters. The minimum Gasteiger partial charge on any atom is -0.493 e. The molecule has 2 aromatic rings. The molecule has 0 spiro atoms. The maximum absolute atomic E-state index is 12.1. The molecular formula is C20H23F3N6O6. The molecule has 0 aliphatic carbocycles. The highest BCUT2D eigenvalue weighted by Crippen LogP contribution is 2.15. The number of ether oxygens (including phenoxy) is 1. The summed E-state index contributed by atoms with van der Waals surface area (Å²) in [4.78, 5) is 34.4. The highest BCUT2D eigenvalue weighted by Gasteiger charge is 2.26. The molecule has 0 saturated heterocycles. The molecule has 0 fully saturated rings. The number of halogens is 3. The van der Waals surface area contributed by atoms with Crippen molar-refractivity contribution in [2.24, 2.45) is 10.7 Å². The number of anilines is 1. The van der Waals surface area contributed by atoms with Gasteiger partial charge in [0.25, 0.3) is 0 Å². The standard InChI is InChI=1S/C16H19F3N6O2.C4H4O4/c1-10-8-21-11(24-14(10)26)5-3-7-27-13-6-2-4-12(23-13)25-15(20)22-9-16(17,18)19;5-3(6)1-2-4(7)8/h2,4,6,8H,3,5,7,9H2,1H3,(H,21,24,26)(H3,20,22,23,25);1-2H,(H,5,6)(H,7,8). The largest absolute Gasteiger partial charge is 0.493 e. The average molecular weight is 500 g/mol. The zero-order valence-corrected chi connectivity index (χ0v) is 18.4. The monoisotopic (exact) mass is 500 g/mol. The molecule has 15 heteroatoms. The van der Waals surface area contributed by atoms with Crippen LogP contribution >= 0.6 is 0 Å². The van der Waals surface area contributed by atoms with Gasteiger partial charge in [0.05, 0.1) is 6.61 Å². The molecule has 2 aromatic heterocycles. The van der Waals surface area contributed by atoms with Crippen LogP contribution in [0.1, 0.15) is 17.8 Å². The molecular weight excluding hydrogens is 477 g/mol. The van der Waals surface area contributed by atoms with E-state index in [1.807, 2.05) is 0 Å². The fourth-order valence-electron chi connectivity index (χ4n) is 2.05. The number of guanidine groups is 1. The van der Waals surface area contributed by atoms with Crippen LogP contribution in [-0.2, 0) is 16.0 Å². The number of aliphatic carboxylic acids is 2. The lowest BCUT2D eigenvalue weighted by atomic mass is 10.3. The SMILES string of the molecule is Cc1cnc(CCCOc2cccc(NC(N)=NCC(F)(F)F)n2)nc1O.O=C(O)C=CC(=O)O. The van der Waals surface area contributed by atoms with Crippen molar-refractivity contribution in [3.63, 3.8) is 0 Å². The second kappa shape index (κ2) is 14.0. The predicted molar refractivity (Wildman–Crippen MR) is 117 cm³/mol. The van der Waals surface area contributed by atoms with E-state index < -0.39 is 30.6 Å². The number of nitrogens with one attached hydrogen (secondary N) is 1. The Morgan fingerprint density at radius 2 is 1.86 bits per heavy atom. The molecule has 6 N–H and O–H groups in total. The summed E-state index contributed by atoms with van der Waals surface area (Å²) < 4.78 is 41.8. The first-order valence-electron chi connectivity index (χ1n) is 9.74. The summed E-state index contributed by atoms with van der Waals surface area (Å²) in [5.41, 5.74) is 5.99. The Hall–Kier alpha value is -4.43. The number of hydrogen-bond donors (Lipinski definition) is 5. The van der Waals surface area contributed by atoms with E-state index in [0.717, 1.165) is 0 Å². The van der Waals surface area contributed by atoms with Crippen molar-refractivity contribution in [3.8, 4) is 11.8 Å². The summed E-state index contributed by atoms with van der Waals surface area (Å²) >= 11 is 0. The molecule has 0 bridgehead atoms. The number of carbonyl (C=O) groups is 2. The number of aliphatic imine (C=N–C) groups is 1. The number of aryl methyl sites for hydroxylation is 2.